The first-order valence-corrected chi connectivity index (χ1v) is 9.55. The minimum absolute atomic E-state index is 0. The topological polar surface area (TPSA) is 65.1 Å². The van der Waals surface area contributed by atoms with Crippen LogP contribution >= 0.6 is 24.8 Å². The summed E-state index contributed by atoms with van der Waals surface area (Å²) < 4.78 is 5.38. The summed E-state index contributed by atoms with van der Waals surface area (Å²) in [6.07, 6.45) is 1.64. The van der Waals surface area contributed by atoms with Crippen LogP contribution in [0, 0.1) is 5.41 Å². The Morgan fingerprint density at radius 3 is 2.00 bits per heavy atom. The maximum atomic E-state index is 13.1. The number of halogens is 2. The SMILES string of the molecule is CCN(CC)CC(=O)N1CCN(C(=O)C2(COC)CCNCC2)CC1.Cl.Cl. The van der Waals surface area contributed by atoms with Crippen LogP contribution in [0.5, 0.6) is 0 Å². The number of hydrogen-bond acceptors (Lipinski definition) is 5. The first kappa shape index (κ1) is 26.4. The van der Waals surface area contributed by atoms with E-state index in [4.69, 9.17) is 4.74 Å². The van der Waals surface area contributed by atoms with Gasteiger partial charge in [0.1, 0.15) is 0 Å². The lowest BCUT2D eigenvalue weighted by molar-refractivity contribution is -0.151. The molecule has 7 nitrogen and oxygen atoms in total. The fraction of sp³-hybridized carbons (Fsp3) is 0.889. The number of hydrogen-bond donors (Lipinski definition) is 1. The van der Waals surface area contributed by atoms with Crippen molar-refractivity contribution >= 4 is 36.6 Å². The van der Waals surface area contributed by atoms with Crippen molar-refractivity contribution in [3.05, 3.63) is 0 Å². The van der Waals surface area contributed by atoms with Gasteiger partial charge in [0, 0.05) is 33.3 Å². The lowest BCUT2D eigenvalue weighted by atomic mass is 9.78. The first-order valence-electron chi connectivity index (χ1n) is 9.55. The molecule has 160 valence electrons. The van der Waals surface area contributed by atoms with Crippen LogP contribution in [0.2, 0.25) is 0 Å². The predicted molar refractivity (Wildman–Crippen MR) is 112 cm³/mol. The van der Waals surface area contributed by atoms with Crippen LogP contribution in [0.4, 0.5) is 0 Å². The molecule has 1 N–H and O–H groups in total. The number of amides is 2. The fourth-order valence-electron chi connectivity index (χ4n) is 3.83. The Balaban J connectivity index is 0.00000338. The van der Waals surface area contributed by atoms with Gasteiger partial charge in [0.2, 0.25) is 11.8 Å². The Hall–Kier alpha value is -0.600. The Morgan fingerprint density at radius 1 is 1.00 bits per heavy atom. The van der Waals surface area contributed by atoms with Crippen molar-refractivity contribution < 1.29 is 14.3 Å². The molecule has 9 heteroatoms. The molecule has 0 spiro atoms. The van der Waals surface area contributed by atoms with Crippen LogP contribution in [-0.2, 0) is 14.3 Å². The lowest BCUT2D eigenvalue weighted by Gasteiger charge is -2.42. The van der Waals surface area contributed by atoms with Crippen LogP contribution in [0.1, 0.15) is 26.7 Å². The maximum absolute atomic E-state index is 13.1. The first-order chi connectivity index (χ1) is 12.1. The lowest BCUT2D eigenvalue weighted by Crippen LogP contribution is -2.58. The predicted octanol–water partition coefficient (Wildman–Crippen LogP) is 0.859. The Morgan fingerprint density at radius 2 is 1.52 bits per heavy atom. The third kappa shape index (κ3) is 6.75. The van der Waals surface area contributed by atoms with Crippen molar-refractivity contribution in [3.63, 3.8) is 0 Å². The van der Waals surface area contributed by atoms with Gasteiger partial charge in [-0.05, 0) is 39.0 Å². The van der Waals surface area contributed by atoms with Crippen LogP contribution in [0.25, 0.3) is 0 Å². The molecule has 2 fully saturated rings. The molecule has 0 atom stereocenters. The third-order valence-corrected chi connectivity index (χ3v) is 5.61. The second-order valence-corrected chi connectivity index (χ2v) is 7.10. The van der Waals surface area contributed by atoms with Gasteiger partial charge in [0.25, 0.3) is 0 Å². The number of piperazine rings is 1. The molecule has 0 bridgehead atoms. The number of piperidine rings is 1. The van der Waals surface area contributed by atoms with E-state index in [1.54, 1.807) is 7.11 Å². The van der Waals surface area contributed by atoms with Crippen LogP contribution in [-0.4, -0.2) is 99.1 Å². The van der Waals surface area contributed by atoms with E-state index >= 15 is 0 Å². The second kappa shape index (κ2) is 12.8. The van der Waals surface area contributed by atoms with Crippen LogP contribution in [0.15, 0.2) is 0 Å². The zero-order valence-corrected chi connectivity index (χ0v) is 18.5. The molecular weight excluding hydrogens is 391 g/mol. The van der Waals surface area contributed by atoms with Gasteiger partial charge in [-0.1, -0.05) is 13.8 Å². The maximum Gasteiger partial charge on any atom is 0.236 e. The van der Waals surface area contributed by atoms with Crippen molar-refractivity contribution in [1.29, 1.82) is 0 Å². The summed E-state index contributed by atoms with van der Waals surface area (Å²) >= 11 is 0. The molecule has 0 aromatic heterocycles. The van der Waals surface area contributed by atoms with Crippen LogP contribution < -0.4 is 5.32 Å². The van der Waals surface area contributed by atoms with Crippen LogP contribution in [0.3, 0.4) is 0 Å². The smallest absolute Gasteiger partial charge is 0.236 e. The molecular formula is C18H36Cl2N4O3. The highest BCUT2D eigenvalue weighted by molar-refractivity contribution is 5.85. The van der Waals surface area contributed by atoms with Gasteiger partial charge >= 0.3 is 0 Å². The standard InChI is InChI=1S/C18H34N4O3.2ClH/c1-4-20(5-2)14-16(23)21-10-12-22(13-11-21)17(24)18(15-25-3)6-8-19-9-7-18;;/h19H,4-15H2,1-3H3;2*1H. The van der Waals surface area contributed by atoms with E-state index in [0.717, 1.165) is 39.0 Å². The van der Waals surface area contributed by atoms with Crippen molar-refractivity contribution in [2.45, 2.75) is 26.7 Å². The summed E-state index contributed by atoms with van der Waals surface area (Å²) in [7, 11) is 1.67. The largest absolute Gasteiger partial charge is 0.384 e. The zero-order valence-electron chi connectivity index (χ0n) is 16.9. The minimum atomic E-state index is -0.395. The number of nitrogens with one attached hydrogen (secondary N) is 1. The Labute approximate surface area is 176 Å². The van der Waals surface area contributed by atoms with E-state index in [9.17, 15) is 9.59 Å². The molecule has 2 heterocycles. The highest BCUT2D eigenvalue weighted by atomic mass is 35.5. The number of nitrogens with zero attached hydrogens (tertiary/aromatic N) is 3. The van der Waals surface area contributed by atoms with Gasteiger partial charge in [0.05, 0.1) is 18.6 Å². The van der Waals surface area contributed by atoms with Gasteiger partial charge in [-0.2, -0.15) is 0 Å². The monoisotopic (exact) mass is 426 g/mol. The molecule has 0 saturated carbocycles. The zero-order chi connectivity index (χ0) is 18.3. The molecule has 2 rings (SSSR count). The van der Waals surface area contributed by atoms with Gasteiger partial charge < -0.3 is 19.9 Å². The summed E-state index contributed by atoms with van der Waals surface area (Å²) in [5.41, 5.74) is -0.395. The van der Waals surface area contributed by atoms with Gasteiger partial charge in [-0.15, -0.1) is 24.8 Å². The summed E-state index contributed by atoms with van der Waals surface area (Å²) in [4.78, 5) is 31.5. The van der Waals surface area contributed by atoms with E-state index in [-0.39, 0.29) is 36.6 Å². The van der Waals surface area contributed by atoms with E-state index < -0.39 is 5.41 Å². The molecule has 0 aromatic rings. The van der Waals surface area contributed by atoms with Crippen molar-refractivity contribution in [2.75, 3.05) is 72.6 Å². The second-order valence-electron chi connectivity index (χ2n) is 7.10. The molecule has 2 aliphatic heterocycles. The summed E-state index contributed by atoms with van der Waals surface area (Å²) in [5.74, 6) is 0.371. The van der Waals surface area contributed by atoms with Gasteiger partial charge in [-0.3, -0.25) is 14.5 Å². The van der Waals surface area contributed by atoms with Crippen molar-refractivity contribution in [2.24, 2.45) is 5.41 Å². The van der Waals surface area contributed by atoms with Crippen molar-refractivity contribution in [1.82, 2.24) is 20.0 Å². The third-order valence-electron chi connectivity index (χ3n) is 5.61. The Bertz CT molecular complexity index is 444. The highest BCUT2D eigenvalue weighted by Gasteiger charge is 2.43. The fourth-order valence-corrected chi connectivity index (χ4v) is 3.83. The molecule has 0 unspecified atom stereocenters. The molecule has 27 heavy (non-hydrogen) atoms. The average molecular weight is 427 g/mol. The number of carbonyl (C=O) groups excluding carboxylic acids is 2. The van der Waals surface area contributed by atoms with E-state index in [2.05, 4.69) is 24.1 Å². The average Bonchev–Trinajstić information content (AvgIpc) is 2.66. The number of likely N-dealkylation sites (N-methyl/N-ethyl adjacent to an activating group) is 1. The van der Waals surface area contributed by atoms with Gasteiger partial charge in [0.15, 0.2) is 0 Å². The quantitative estimate of drug-likeness (QED) is 0.653. The Kier molecular flexibility index (Phi) is 12.5. The molecule has 0 radical (unpaired) electrons. The molecule has 0 aromatic carbocycles. The summed E-state index contributed by atoms with van der Waals surface area (Å²) in [6.45, 7) is 11.1. The van der Waals surface area contributed by atoms with Gasteiger partial charge in [-0.25, -0.2) is 0 Å². The minimum Gasteiger partial charge on any atom is -0.384 e. The molecule has 2 amide bonds. The van der Waals surface area contributed by atoms with E-state index in [0.29, 0.717) is 39.3 Å². The molecule has 0 aliphatic carbocycles. The number of rotatable bonds is 7. The van der Waals surface area contributed by atoms with E-state index in [1.807, 2.05) is 9.80 Å². The highest BCUT2D eigenvalue weighted by Crippen LogP contribution is 2.32. The number of ether oxygens (including phenoxy) is 1. The molecule has 2 aliphatic rings. The summed E-state index contributed by atoms with van der Waals surface area (Å²) in [5, 5.41) is 3.32. The normalized spacial score (nSPS) is 19.3. The van der Waals surface area contributed by atoms with Crippen molar-refractivity contribution in [3.8, 4) is 0 Å². The summed E-state index contributed by atoms with van der Waals surface area (Å²) in [6, 6.07) is 0. The van der Waals surface area contributed by atoms with E-state index in [1.165, 1.54) is 0 Å². The number of carbonyl (C=O) groups is 2. The molecule has 2 saturated heterocycles. The number of methoxy groups -OCH3 is 1.